The molecule has 0 bridgehead atoms. The molecular weight excluding hydrogens is 548 g/mol. The summed E-state index contributed by atoms with van der Waals surface area (Å²) in [5.74, 6) is -1.94. The quantitative estimate of drug-likeness (QED) is 0.200. The zero-order valence-corrected chi connectivity index (χ0v) is 25.8. The van der Waals surface area contributed by atoms with E-state index in [4.69, 9.17) is 0 Å². The predicted octanol–water partition coefficient (Wildman–Crippen LogP) is 4.55. The molecule has 2 aromatic heterocycles. The van der Waals surface area contributed by atoms with E-state index in [1.807, 2.05) is 47.6 Å². The van der Waals surface area contributed by atoms with Crippen LogP contribution in [0.15, 0.2) is 28.0 Å². The number of aromatic amines is 2. The summed E-state index contributed by atoms with van der Waals surface area (Å²) in [5, 5.41) is 24.9. The van der Waals surface area contributed by atoms with Gasteiger partial charge in [-0.05, 0) is 92.9 Å². The Balaban J connectivity index is 1.75. The second-order valence-corrected chi connectivity index (χ2v) is 11.5. The number of nitrogens with one attached hydrogen (secondary N) is 4. The summed E-state index contributed by atoms with van der Waals surface area (Å²) < 4.78 is 0. The number of aromatic nitrogens is 2. The maximum absolute atomic E-state index is 12.4. The van der Waals surface area contributed by atoms with Crippen molar-refractivity contribution in [3.05, 3.63) is 73.0 Å². The van der Waals surface area contributed by atoms with E-state index in [-0.39, 0.29) is 30.7 Å². The third kappa shape index (κ3) is 6.53. The van der Waals surface area contributed by atoms with E-state index in [9.17, 15) is 29.4 Å². The molecule has 1 unspecified atom stereocenters. The molecule has 4 rings (SSSR count). The Bertz CT molecular complexity index is 1580. The summed E-state index contributed by atoms with van der Waals surface area (Å²) in [7, 11) is 0. The summed E-state index contributed by atoms with van der Waals surface area (Å²) in [6.45, 7) is 11.7. The zero-order chi connectivity index (χ0) is 31.6. The van der Waals surface area contributed by atoms with Gasteiger partial charge in [-0.3, -0.25) is 19.2 Å². The summed E-state index contributed by atoms with van der Waals surface area (Å²) >= 11 is 0. The maximum Gasteiger partial charge on any atom is 0.303 e. The average Bonchev–Trinajstić information content (AvgIpc) is 3.59. The fourth-order valence-corrected chi connectivity index (χ4v) is 6.44. The number of aliphatic carboxylic acids is 2. The lowest BCUT2D eigenvalue weighted by Crippen LogP contribution is -2.31. The number of carbonyl (C=O) groups excluding carboxylic acids is 2. The van der Waals surface area contributed by atoms with Crippen LogP contribution < -0.4 is 10.6 Å². The molecule has 2 amide bonds. The second-order valence-electron chi connectivity index (χ2n) is 11.5. The van der Waals surface area contributed by atoms with Crippen molar-refractivity contribution in [1.29, 1.82) is 0 Å². The number of H-pyrrole nitrogens is 2. The van der Waals surface area contributed by atoms with Gasteiger partial charge in [0.2, 0.25) is 5.91 Å². The number of carbonyl (C=O) groups is 4. The fourth-order valence-electron chi connectivity index (χ4n) is 6.44. The smallest absolute Gasteiger partial charge is 0.303 e. The highest BCUT2D eigenvalue weighted by Crippen LogP contribution is 2.31. The zero-order valence-electron chi connectivity index (χ0n) is 25.8. The van der Waals surface area contributed by atoms with Crippen LogP contribution in [0, 0.1) is 13.8 Å². The van der Waals surface area contributed by atoms with Crippen LogP contribution in [0.4, 0.5) is 0 Å². The van der Waals surface area contributed by atoms with Crippen LogP contribution in [-0.2, 0) is 44.9 Å². The van der Waals surface area contributed by atoms with E-state index in [2.05, 4.69) is 20.6 Å². The normalized spacial score (nSPS) is 17.8. The molecule has 0 spiro atoms. The van der Waals surface area contributed by atoms with Gasteiger partial charge < -0.3 is 30.8 Å². The highest BCUT2D eigenvalue weighted by molar-refractivity contribution is 6.01. The van der Waals surface area contributed by atoms with Gasteiger partial charge in [-0.1, -0.05) is 13.8 Å². The number of carboxylic acid groups (broad SMARTS) is 2. The Kier molecular flexibility index (Phi) is 9.47. The number of amides is 2. The fraction of sp³-hybridized carbons (Fsp3) is 0.455. The molecule has 0 saturated heterocycles. The Morgan fingerprint density at radius 3 is 1.95 bits per heavy atom. The van der Waals surface area contributed by atoms with E-state index < -0.39 is 11.9 Å². The molecule has 0 radical (unpaired) electrons. The maximum atomic E-state index is 12.4. The molecule has 10 nitrogen and oxygen atoms in total. The Labute approximate surface area is 251 Å². The van der Waals surface area contributed by atoms with Crippen molar-refractivity contribution >= 4 is 29.8 Å². The average molecular weight is 591 g/mol. The third-order valence-electron chi connectivity index (χ3n) is 8.97. The summed E-state index contributed by atoms with van der Waals surface area (Å²) in [5.41, 5.74) is 11.3. The van der Waals surface area contributed by atoms with Crippen molar-refractivity contribution in [2.24, 2.45) is 0 Å². The standard InChI is InChI=1S/C33H42N4O6/c1-7-20-19(6)32(42)37-27(20)14-25-18(5)23(10-12-31(40)41)29(35-25)15-28-22(9-11-30(38)39)17(4)24(34-28)13-26-16(3)21(8-2)33(43)36-26/h13,27,34-35H,7-12,14-15H2,1-6H3,(H,36,43)(H,37,42)(H,38,39)(H,40,41)/b26-13-. The van der Waals surface area contributed by atoms with E-state index in [0.717, 1.165) is 79.4 Å². The van der Waals surface area contributed by atoms with Gasteiger partial charge >= 0.3 is 11.9 Å². The van der Waals surface area contributed by atoms with E-state index in [1.165, 1.54) is 0 Å². The summed E-state index contributed by atoms with van der Waals surface area (Å²) in [4.78, 5) is 54.9. The minimum atomic E-state index is -0.894. The highest BCUT2D eigenvalue weighted by atomic mass is 16.4. The lowest BCUT2D eigenvalue weighted by atomic mass is 9.96. The molecule has 0 fully saturated rings. The Hall–Kier alpha value is -4.34. The number of allylic oxidation sites excluding steroid dienone is 1. The topological polar surface area (TPSA) is 164 Å². The Morgan fingerprint density at radius 2 is 1.40 bits per heavy atom. The molecule has 2 aliphatic heterocycles. The summed E-state index contributed by atoms with van der Waals surface area (Å²) in [6, 6.07) is -0.127. The van der Waals surface area contributed by atoms with E-state index in [1.54, 1.807) is 0 Å². The largest absolute Gasteiger partial charge is 0.481 e. The third-order valence-corrected chi connectivity index (χ3v) is 8.97. The van der Waals surface area contributed by atoms with Gasteiger partial charge in [0.25, 0.3) is 5.91 Å². The number of hydrogen-bond acceptors (Lipinski definition) is 4. The lowest BCUT2D eigenvalue weighted by Gasteiger charge is -2.14. The van der Waals surface area contributed by atoms with Gasteiger partial charge in [0.1, 0.15) is 0 Å². The van der Waals surface area contributed by atoms with Crippen molar-refractivity contribution in [3.63, 3.8) is 0 Å². The van der Waals surface area contributed by atoms with Crippen LogP contribution in [0.5, 0.6) is 0 Å². The monoisotopic (exact) mass is 590 g/mol. The van der Waals surface area contributed by atoms with Gasteiger partial charge in [0, 0.05) is 65.3 Å². The molecule has 1 atom stereocenters. The van der Waals surface area contributed by atoms with E-state index >= 15 is 0 Å². The lowest BCUT2D eigenvalue weighted by molar-refractivity contribution is -0.138. The van der Waals surface area contributed by atoms with Crippen LogP contribution >= 0.6 is 0 Å². The second kappa shape index (κ2) is 12.9. The van der Waals surface area contributed by atoms with Crippen LogP contribution in [0.1, 0.15) is 98.4 Å². The molecular formula is C33H42N4O6. The first-order valence-electron chi connectivity index (χ1n) is 14.9. The molecule has 2 aromatic rings. The molecule has 230 valence electrons. The molecule has 4 heterocycles. The van der Waals surface area contributed by atoms with Gasteiger partial charge in [0.15, 0.2) is 0 Å². The van der Waals surface area contributed by atoms with Crippen molar-refractivity contribution < 1.29 is 29.4 Å². The molecule has 43 heavy (non-hydrogen) atoms. The molecule has 0 saturated carbocycles. The van der Waals surface area contributed by atoms with Crippen LogP contribution in [0.3, 0.4) is 0 Å². The molecule has 10 heteroatoms. The molecule has 0 aromatic carbocycles. The van der Waals surface area contributed by atoms with Gasteiger partial charge in [-0.15, -0.1) is 0 Å². The predicted molar refractivity (Wildman–Crippen MR) is 164 cm³/mol. The number of rotatable bonds is 13. The summed E-state index contributed by atoms with van der Waals surface area (Å²) in [6.07, 6.45) is 4.88. The van der Waals surface area contributed by atoms with Gasteiger partial charge in [-0.25, -0.2) is 0 Å². The first-order valence-corrected chi connectivity index (χ1v) is 14.9. The first-order chi connectivity index (χ1) is 20.4. The minimum Gasteiger partial charge on any atom is -0.481 e. The van der Waals surface area contributed by atoms with Crippen LogP contribution in [0.25, 0.3) is 6.08 Å². The number of carboxylic acids is 2. The molecule has 6 N–H and O–H groups in total. The van der Waals surface area contributed by atoms with Gasteiger partial charge in [-0.2, -0.15) is 0 Å². The van der Waals surface area contributed by atoms with Gasteiger partial charge in [0.05, 0.1) is 6.04 Å². The SMILES string of the molecule is CCC1=C(C)/C(=C/c2[nH]c(Cc3[nH]c(CC4NC(=O)C(C)=C4CC)c(C)c3CCC(=O)O)c(CCC(=O)O)c2C)NC1=O. The van der Waals surface area contributed by atoms with Crippen molar-refractivity contribution in [2.45, 2.75) is 99.0 Å². The number of hydrogen-bond donors (Lipinski definition) is 6. The Morgan fingerprint density at radius 1 is 0.791 bits per heavy atom. The van der Waals surface area contributed by atoms with Crippen molar-refractivity contribution in [2.75, 3.05) is 0 Å². The first kappa shape index (κ1) is 31.6. The van der Waals surface area contributed by atoms with Crippen LogP contribution in [0.2, 0.25) is 0 Å². The molecule has 2 aliphatic rings. The van der Waals surface area contributed by atoms with E-state index in [0.29, 0.717) is 32.1 Å². The minimum absolute atomic E-state index is 0.0252. The van der Waals surface area contributed by atoms with Crippen LogP contribution in [-0.4, -0.2) is 50.0 Å². The van der Waals surface area contributed by atoms with Crippen molar-refractivity contribution in [1.82, 2.24) is 20.6 Å². The molecule has 0 aliphatic carbocycles. The van der Waals surface area contributed by atoms with Crippen molar-refractivity contribution in [3.8, 4) is 0 Å². The highest BCUT2D eigenvalue weighted by Gasteiger charge is 2.30.